The Bertz CT molecular complexity index is 959. The number of oxazole rings is 1. The molecule has 3 aromatic rings. The summed E-state index contributed by atoms with van der Waals surface area (Å²) in [5.74, 6) is 1.10. The van der Waals surface area contributed by atoms with Crippen LogP contribution in [0.4, 0.5) is 5.69 Å². The molecule has 1 aliphatic rings. The summed E-state index contributed by atoms with van der Waals surface area (Å²) in [5.41, 5.74) is 2.40. The Labute approximate surface area is 157 Å². The van der Waals surface area contributed by atoms with Crippen molar-refractivity contribution in [3.05, 3.63) is 59.6 Å². The number of halogens is 1. The number of anilines is 1. The largest absolute Gasteiger partial charge is 0.492 e. The van der Waals surface area contributed by atoms with Gasteiger partial charge in [0.2, 0.25) is 5.91 Å². The third kappa shape index (κ3) is 3.46. The van der Waals surface area contributed by atoms with Crippen LogP contribution < -0.4 is 15.4 Å². The minimum atomic E-state index is -0.245. The summed E-state index contributed by atoms with van der Waals surface area (Å²) >= 11 is 6.31. The monoisotopic (exact) mass is 386 g/mol. The van der Waals surface area contributed by atoms with E-state index in [2.05, 4.69) is 19.5 Å². The maximum absolute atomic E-state index is 12.6. The SMILES string of the molecule is O=C(Nc1ccc(-c2cnco2)c(Cl)c1)C1COc2cc(P)ccc2C1. The number of hydrogen-bond acceptors (Lipinski definition) is 4. The van der Waals surface area contributed by atoms with E-state index in [9.17, 15) is 4.79 Å². The maximum Gasteiger partial charge on any atom is 0.231 e. The van der Waals surface area contributed by atoms with Crippen LogP contribution in [-0.2, 0) is 11.2 Å². The molecular formula is C19H16ClN2O3P. The number of benzene rings is 2. The average molecular weight is 387 g/mol. The summed E-state index contributed by atoms with van der Waals surface area (Å²) in [6.07, 6.45) is 3.59. The highest BCUT2D eigenvalue weighted by Gasteiger charge is 2.26. The van der Waals surface area contributed by atoms with Gasteiger partial charge in [-0.2, -0.15) is 0 Å². The lowest BCUT2D eigenvalue weighted by atomic mass is 9.96. The van der Waals surface area contributed by atoms with Crippen LogP contribution in [0.25, 0.3) is 11.3 Å². The van der Waals surface area contributed by atoms with E-state index in [0.717, 1.165) is 22.2 Å². The molecule has 4 rings (SSSR count). The average Bonchev–Trinajstić information content (AvgIpc) is 3.15. The van der Waals surface area contributed by atoms with Crippen LogP contribution in [0.15, 0.2) is 53.4 Å². The van der Waals surface area contributed by atoms with Gasteiger partial charge in [0.1, 0.15) is 12.4 Å². The van der Waals surface area contributed by atoms with E-state index in [4.69, 9.17) is 20.8 Å². The molecule has 7 heteroatoms. The number of carbonyl (C=O) groups is 1. The van der Waals surface area contributed by atoms with Gasteiger partial charge in [-0.25, -0.2) is 4.98 Å². The third-order valence-electron chi connectivity index (χ3n) is 4.30. The molecule has 0 aliphatic carbocycles. The predicted molar refractivity (Wildman–Crippen MR) is 104 cm³/mol. The van der Waals surface area contributed by atoms with E-state index in [0.29, 0.717) is 29.5 Å². The molecule has 1 N–H and O–H groups in total. The van der Waals surface area contributed by atoms with E-state index < -0.39 is 0 Å². The lowest BCUT2D eigenvalue weighted by Crippen LogP contribution is -2.32. The maximum atomic E-state index is 12.6. The summed E-state index contributed by atoms with van der Waals surface area (Å²) in [6, 6.07) is 11.3. The summed E-state index contributed by atoms with van der Waals surface area (Å²) in [6.45, 7) is 0.358. The molecule has 0 radical (unpaired) electrons. The van der Waals surface area contributed by atoms with Crippen molar-refractivity contribution in [2.24, 2.45) is 5.92 Å². The quantitative estimate of drug-likeness (QED) is 0.697. The molecule has 0 bridgehead atoms. The first-order valence-electron chi connectivity index (χ1n) is 8.10. The summed E-state index contributed by atoms with van der Waals surface area (Å²) in [5, 5.41) is 4.46. The van der Waals surface area contributed by atoms with Crippen LogP contribution >= 0.6 is 20.8 Å². The first-order valence-corrected chi connectivity index (χ1v) is 9.06. The van der Waals surface area contributed by atoms with Gasteiger partial charge in [0, 0.05) is 11.3 Å². The van der Waals surface area contributed by atoms with Gasteiger partial charge in [0.15, 0.2) is 12.2 Å². The van der Waals surface area contributed by atoms with E-state index in [1.165, 1.54) is 6.39 Å². The number of ether oxygens (including phenoxy) is 1. The van der Waals surface area contributed by atoms with Gasteiger partial charge in [-0.1, -0.05) is 23.7 Å². The molecule has 0 saturated carbocycles. The lowest BCUT2D eigenvalue weighted by Gasteiger charge is -2.25. The van der Waals surface area contributed by atoms with Gasteiger partial charge in [0.05, 0.1) is 17.1 Å². The Hall–Kier alpha value is -2.36. The Morgan fingerprint density at radius 1 is 1.27 bits per heavy atom. The smallest absolute Gasteiger partial charge is 0.231 e. The lowest BCUT2D eigenvalue weighted by molar-refractivity contribution is -0.121. The molecule has 2 heterocycles. The number of hydrogen-bond donors (Lipinski definition) is 1. The van der Waals surface area contributed by atoms with Crippen LogP contribution in [0, 0.1) is 5.92 Å². The molecule has 0 saturated heterocycles. The number of aromatic nitrogens is 1. The number of fused-ring (bicyclic) bond motifs is 1. The second-order valence-electron chi connectivity index (χ2n) is 6.13. The highest BCUT2D eigenvalue weighted by molar-refractivity contribution is 7.27. The van der Waals surface area contributed by atoms with Crippen LogP contribution in [0.5, 0.6) is 5.75 Å². The highest BCUT2D eigenvalue weighted by Crippen LogP contribution is 2.31. The summed E-state index contributed by atoms with van der Waals surface area (Å²) < 4.78 is 11.0. The van der Waals surface area contributed by atoms with E-state index >= 15 is 0 Å². The Balaban J connectivity index is 1.47. The van der Waals surface area contributed by atoms with Crippen molar-refractivity contribution in [2.45, 2.75) is 6.42 Å². The first-order chi connectivity index (χ1) is 12.6. The van der Waals surface area contributed by atoms with Crippen LogP contribution in [0.3, 0.4) is 0 Å². The zero-order chi connectivity index (χ0) is 18.1. The molecule has 1 aliphatic heterocycles. The second-order valence-corrected chi connectivity index (χ2v) is 7.20. The highest BCUT2D eigenvalue weighted by atomic mass is 35.5. The van der Waals surface area contributed by atoms with Crippen LogP contribution in [0.2, 0.25) is 5.02 Å². The number of amides is 1. The minimum Gasteiger partial charge on any atom is -0.492 e. The van der Waals surface area contributed by atoms with Crippen molar-refractivity contribution in [1.29, 1.82) is 0 Å². The summed E-state index contributed by atoms with van der Waals surface area (Å²) in [7, 11) is 2.64. The topological polar surface area (TPSA) is 64.4 Å². The second kappa shape index (κ2) is 7.10. The molecule has 26 heavy (non-hydrogen) atoms. The van der Waals surface area contributed by atoms with Crippen LogP contribution in [-0.4, -0.2) is 17.5 Å². The first kappa shape index (κ1) is 17.1. The number of nitrogens with zero attached hydrogens (tertiary/aromatic N) is 1. The van der Waals surface area contributed by atoms with Crippen molar-refractivity contribution in [1.82, 2.24) is 4.98 Å². The van der Waals surface area contributed by atoms with E-state index in [1.807, 2.05) is 18.2 Å². The Kier molecular flexibility index (Phi) is 4.66. The van der Waals surface area contributed by atoms with Crippen molar-refractivity contribution in [3.63, 3.8) is 0 Å². The molecule has 1 amide bonds. The number of rotatable bonds is 3. The molecular weight excluding hydrogens is 371 g/mol. The van der Waals surface area contributed by atoms with Gasteiger partial charge >= 0.3 is 0 Å². The molecule has 0 fully saturated rings. The van der Waals surface area contributed by atoms with Crippen molar-refractivity contribution < 1.29 is 13.9 Å². The van der Waals surface area contributed by atoms with Gasteiger partial charge < -0.3 is 14.5 Å². The Morgan fingerprint density at radius 3 is 2.92 bits per heavy atom. The normalized spacial score (nSPS) is 15.8. The van der Waals surface area contributed by atoms with Gasteiger partial charge in [-0.15, -0.1) is 9.24 Å². The fourth-order valence-corrected chi connectivity index (χ4v) is 3.46. The van der Waals surface area contributed by atoms with Gasteiger partial charge in [-0.3, -0.25) is 4.79 Å². The van der Waals surface area contributed by atoms with Gasteiger partial charge in [0.25, 0.3) is 0 Å². The van der Waals surface area contributed by atoms with Gasteiger partial charge in [-0.05, 0) is 41.6 Å². The minimum absolute atomic E-state index is 0.0888. The van der Waals surface area contributed by atoms with E-state index in [1.54, 1.807) is 24.4 Å². The Morgan fingerprint density at radius 2 is 2.15 bits per heavy atom. The van der Waals surface area contributed by atoms with Crippen molar-refractivity contribution in [3.8, 4) is 17.1 Å². The van der Waals surface area contributed by atoms with Crippen molar-refractivity contribution >= 4 is 37.7 Å². The van der Waals surface area contributed by atoms with Crippen molar-refractivity contribution in [2.75, 3.05) is 11.9 Å². The zero-order valence-corrected chi connectivity index (χ0v) is 15.6. The number of carbonyl (C=O) groups excluding carboxylic acids is 1. The molecule has 0 spiro atoms. The molecule has 2 aromatic carbocycles. The predicted octanol–water partition coefficient (Wildman–Crippen LogP) is 3.69. The third-order valence-corrected chi connectivity index (χ3v) is 4.97. The van der Waals surface area contributed by atoms with Crippen LogP contribution in [0.1, 0.15) is 5.56 Å². The molecule has 5 nitrogen and oxygen atoms in total. The zero-order valence-electron chi connectivity index (χ0n) is 13.7. The summed E-state index contributed by atoms with van der Waals surface area (Å²) in [4.78, 5) is 16.5. The fourth-order valence-electron chi connectivity index (χ4n) is 2.94. The molecule has 2 atom stereocenters. The number of nitrogens with one attached hydrogen (secondary N) is 1. The molecule has 2 unspecified atom stereocenters. The fraction of sp³-hybridized carbons (Fsp3) is 0.158. The molecule has 132 valence electrons. The molecule has 1 aromatic heterocycles. The standard InChI is InChI=1S/C19H16ClN2O3P/c20-16-6-13(2-4-15(16)18-8-21-10-25-18)22-19(23)12-5-11-1-3-14(26)7-17(11)24-9-12/h1-4,6-8,10,12H,5,9,26H2,(H,22,23). The van der Waals surface area contributed by atoms with E-state index in [-0.39, 0.29) is 11.8 Å².